The van der Waals surface area contributed by atoms with Crippen molar-refractivity contribution in [1.82, 2.24) is 14.8 Å². The molecule has 2 aliphatic rings. The van der Waals surface area contributed by atoms with E-state index < -0.39 is 0 Å². The standard InChI is InChI=1S/C16H23N3O2/c1-18-8-6-13(9-15(18)20)16(21)19(14-4-5-14)11-12-3-2-7-17-10-12/h6,8-9,12,14,17H,2-5,7,10-11H2,1H3. The number of amides is 1. The van der Waals surface area contributed by atoms with E-state index in [4.69, 9.17) is 0 Å². The van der Waals surface area contributed by atoms with E-state index in [-0.39, 0.29) is 11.5 Å². The molecule has 114 valence electrons. The van der Waals surface area contributed by atoms with Gasteiger partial charge in [-0.2, -0.15) is 0 Å². The molecule has 2 heterocycles. The number of hydrogen-bond donors (Lipinski definition) is 1. The van der Waals surface area contributed by atoms with Crippen LogP contribution in [0.1, 0.15) is 36.0 Å². The van der Waals surface area contributed by atoms with Gasteiger partial charge in [-0.05, 0) is 50.8 Å². The molecule has 3 rings (SSSR count). The Morgan fingerprint density at radius 2 is 2.24 bits per heavy atom. The molecule has 0 spiro atoms. The lowest BCUT2D eigenvalue weighted by Crippen LogP contribution is -2.42. The van der Waals surface area contributed by atoms with Gasteiger partial charge >= 0.3 is 0 Å². The van der Waals surface area contributed by atoms with Gasteiger partial charge in [-0.15, -0.1) is 0 Å². The molecule has 1 aromatic heterocycles. The summed E-state index contributed by atoms with van der Waals surface area (Å²) in [7, 11) is 1.70. The first-order chi connectivity index (χ1) is 10.1. The summed E-state index contributed by atoms with van der Waals surface area (Å²) in [5, 5.41) is 3.40. The summed E-state index contributed by atoms with van der Waals surface area (Å²) >= 11 is 0. The lowest BCUT2D eigenvalue weighted by Gasteiger charge is -2.30. The van der Waals surface area contributed by atoms with E-state index in [1.54, 1.807) is 19.3 Å². The number of hydrogen-bond acceptors (Lipinski definition) is 3. The van der Waals surface area contributed by atoms with Gasteiger partial charge in [-0.25, -0.2) is 0 Å². The summed E-state index contributed by atoms with van der Waals surface area (Å²) in [5.41, 5.74) is 0.393. The van der Waals surface area contributed by atoms with Crippen molar-refractivity contribution in [1.29, 1.82) is 0 Å². The Labute approximate surface area is 124 Å². The molecule has 1 N–H and O–H groups in total. The SMILES string of the molecule is Cn1ccc(C(=O)N(CC2CCCNC2)C2CC2)cc1=O. The predicted molar refractivity (Wildman–Crippen MR) is 81.3 cm³/mol. The number of carbonyl (C=O) groups is 1. The zero-order chi connectivity index (χ0) is 14.8. The van der Waals surface area contributed by atoms with Gasteiger partial charge in [0.05, 0.1) is 0 Å². The summed E-state index contributed by atoms with van der Waals surface area (Å²) in [6, 6.07) is 3.58. The van der Waals surface area contributed by atoms with E-state index in [1.165, 1.54) is 23.5 Å². The number of nitrogens with one attached hydrogen (secondary N) is 1. The third-order valence-corrected chi connectivity index (χ3v) is 4.45. The van der Waals surface area contributed by atoms with E-state index in [9.17, 15) is 9.59 Å². The van der Waals surface area contributed by atoms with Crippen molar-refractivity contribution < 1.29 is 4.79 Å². The van der Waals surface area contributed by atoms with Gasteiger partial charge < -0.3 is 14.8 Å². The molecular formula is C16H23N3O2. The van der Waals surface area contributed by atoms with Crippen LogP contribution in [0, 0.1) is 5.92 Å². The number of piperidine rings is 1. The second kappa shape index (κ2) is 6.02. The second-order valence-corrected chi connectivity index (χ2v) is 6.27. The highest BCUT2D eigenvalue weighted by molar-refractivity contribution is 5.94. The fourth-order valence-electron chi connectivity index (χ4n) is 2.99. The van der Waals surface area contributed by atoms with Gasteiger partial charge in [0.25, 0.3) is 11.5 Å². The zero-order valence-electron chi connectivity index (χ0n) is 12.5. The van der Waals surface area contributed by atoms with Crippen LogP contribution in [-0.4, -0.2) is 41.1 Å². The summed E-state index contributed by atoms with van der Waals surface area (Å²) in [6.07, 6.45) is 6.22. The van der Waals surface area contributed by atoms with Gasteiger partial charge in [-0.1, -0.05) is 0 Å². The molecule has 1 saturated heterocycles. The number of aromatic nitrogens is 1. The van der Waals surface area contributed by atoms with Crippen molar-refractivity contribution in [2.45, 2.75) is 31.7 Å². The molecule has 1 amide bonds. The lowest BCUT2D eigenvalue weighted by atomic mass is 9.98. The van der Waals surface area contributed by atoms with Gasteiger partial charge in [0.15, 0.2) is 0 Å². The van der Waals surface area contributed by atoms with Gasteiger partial charge in [-0.3, -0.25) is 9.59 Å². The van der Waals surface area contributed by atoms with Crippen molar-refractivity contribution in [3.63, 3.8) is 0 Å². The largest absolute Gasteiger partial charge is 0.335 e. The topological polar surface area (TPSA) is 54.3 Å². The molecular weight excluding hydrogens is 266 g/mol. The van der Waals surface area contributed by atoms with E-state index in [1.807, 2.05) is 4.90 Å². The van der Waals surface area contributed by atoms with Crippen LogP contribution in [0.3, 0.4) is 0 Å². The minimum absolute atomic E-state index is 0.0146. The minimum atomic E-state index is -0.129. The molecule has 1 saturated carbocycles. The van der Waals surface area contributed by atoms with Crippen LogP contribution in [0.4, 0.5) is 0 Å². The maximum atomic E-state index is 12.7. The molecule has 1 aliphatic carbocycles. The first-order valence-electron chi connectivity index (χ1n) is 7.83. The Morgan fingerprint density at radius 1 is 1.43 bits per heavy atom. The Morgan fingerprint density at radius 3 is 2.86 bits per heavy atom. The Hall–Kier alpha value is -1.62. The molecule has 1 unspecified atom stereocenters. The number of nitrogens with zero attached hydrogens (tertiary/aromatic N) is 2. The minimum Gasteiger partial charge on any atom is -0.335 e. The van der Waals surface area contributed by atoms with Crippen LogP contribution in [0.5, 0.6) is 0 Å². The molecule has 0 radical (unpaired) electrons. The molecule has 1 aromatic rings. The number of pyridine rings is 1. The highest BCUT2D eigenvalue weighted by Crippen LogP contribution is 2.29. The first-order valence-corrected chi connectivity index (χ1v) is 7.83. The third-order valence-electron chi connectivity index (χ3n) is 4.45. The molecule has 1 atom stereocenters. The highest BCUT2D eigenvalue weighted by Gasteiger charge is 2.34. The van der Waals surface area contributed by atoms with Crippen LogP contribution in [0.2, 0.25) is 0 Å². The molecule has 2 fully saturated rings. The van der Waals surface area contributed by atoms with Gasteiger partial charge in [0.2, 0.25) is 0 Å². The summed E-state index contributed by atoms with van der Waals surface area (Å²) in [6.45, 7) is 2.89. The smallest absolute Gasteiger partial charge is 0.254 e. The van der Waals surface area contributed by atoms with E-state index in [2.05, 4.69) is 5.32 Å². The maximum Gasteiger partial charge on any atom is 0.254 e. The van der Waals surface area contributed by atoms with Crippen LogP contribution < -0.4 is 10.9 Å². The van der Waals surface area contributed by atoms with Crippen LogP contribution >= 0.6 is 0 Å². The van der Waals surface area contributed by atoms with Crippen molar-refractivity contribution in [2.75, 3.05) is 19.6 Å². The third kappa shape index (κ3) is 3.35. The monoisotopic (exact) mass is 289 g/mol. The number of aryl methyl sites for hydroxylation is 1. The van der Waals surface area contributed by atoms with Crippen LogP contribution in [0.15, 0.2) is 23.1 Å². The molecule has 5 heteroatoms. The van der Waals surface area contributed by atoms with E-state index >= 15 is 0 Å². The Balaban J connectivity index is 1.74. The molecule has 21 heavy (non-hydrogen) atoms. The average Bonchev–Trinajstić information content (AvgIpc) is 3.33. The van der Waals surface area contributed by atoms with Crippen molar-refractivity contribution in [3.8, 4) is 0 Å². The predicted octanol–water partition coefficient (Wildman–Crippen LogP) is 0.989. The lowest BCUT2D eigenvalue weighted by molar-refractivity contribution is 0.0704. The molecule has 0 bridgehead atoms. The number of carbonyl (C=O) groups excluding carboxylic acids is 1. The average molecular weight is 289 g/mol. The number of rotatable bonds is 4. The van der Waals surface area contributed by atoms with Crippen molar-refractivity contribution in [2.24, 2.45) is 13.0 Å². The normalized spacial score (nSPS) is 22.0. The summed E-state index contributed by atoms with van der Waals surface area (Å²) < 4.78 is 1.49. The quantitative estimate of drug-likeness (QED) is 0.899. The summed E-state index contributed by atoms with van der Waals surface area (Å²) in [5.74, 6) is 0.551. The zero-order valence-corrected chi connectivity index (χ0v) is 12.5. The molecule has 1 aliphatic heterocycles. The first kappa shape index (κ1) is 14.3. The van der Waals surface area contributed by atoms with Gasteiger partial charge in [0.1, 0.15) is 0 Å². The second-order valence-electron chi connectivity index (χ2n) is 6.27. The van der Waals surface area contributed by atoms with Crippen LogP contribution in [-0.2, 0) is 7.05 Å². The fourth-order valence-corrected chi connectivity index (χ4v) is 2.99. The van der Waals surface area contributed by atoms with Crippen molar-refractivity contribution >= 4 is 5.91 Å². The Kier molecular flexibility index (Phi) is 4.10. The van der Waals surface area contributed by atoms with Gasteiger partial charge in [0, 0.05) is 37.5 Å². The van der Waals surface area contributed by atoms with E-state index in [0.29, 0.717) is 17.5 Å². The molecule has 5 nitrogen and oxygen atoms in total. The maximum absolute atomic E-state index is 12.7. The Bertz CT molecular complexity index is 571. The highest BCUT2D eigenvalue weighted by atomic mass is 16.2. The van der Waals surface area contributed by atoms with E-state index in [0.717, 1.165) is 32.5 Å². The van der Waals surface area contributed by atoms with Crippen LogP contribution in [0.25, 0.3) is 0 Å². The van der Waals surface area contributed by atoms with Crippen molar-refractivity contribution in [3.05, 3.63) is 34.2 Å². The molecule has 0 aromatic carbocycles. The fraction of sp³-hybridized carbons (Fsp3) is 0.625. The summed E-state index contributed by atoms with van der Waals surface area (Å²) in [4.78, 5) is 26.4.